The molecule has 7 heteroatoms. The van der Waals surface area contributed by atoms with Gasteiger partial charge in [-0.15, -0.1) is 0 Å². The molecule has 2 aromatic carbocycles. The second kappa shape index (κ2) is 7.06. The zero-order valence-corrected chi connectivity index (χ0v) is 12.6. The predicted molar refractivity (Wildman–Crippen MR) is 87.2 cm³/mol. The van der Waals surface area contributed by atoms with Gasteiger partial charge in [0.2, 0.25) is 5.91 Å². The van der Waals surface area contributed by atoms with Crippen LogP contribution < -0.4 is 5.32 Å². The summed E-state index contributed by atoms with van der Waals surface area (Å²) < 4.78 is 0. The van der Waals surface area contributed by atoms with Crippen molar-refractivity contribution in [2.45, 2.75) is 0 Å². The maximum absolute atomic E-state index is 11.8. The molecule has 5 nitrogen and oxygen atoms in total. The number of carbonyl (C=O) groups is 1. The quantitative estimate of drug-likeness (QED) is 0.505. The highest BCUT2D eigenvalue weighted by atomic mass is 35.5. The second-order valence-corrected chi connectivity index (χ2v) is 5.14. The molecule has 0 aromatic heterocycles. The molecule has 0 bridgehead atoms. The summed E-state index contributed by atoms with van der Waals surface area (Å²) in [6, 6.07) is 10.6. The molecule has 0 aliphatic carbocycles. The lowest BCUT2D eigenvalue weighted by Crippen LogP contribution is -2.08. The van der Waals surface area contributed by atoms with E-state index < -0.39 is 4.92 Å². The maximum Gasteiger partial charge on any atom is 0.269 e. The Morgan fingerprint density at radius 2 is 1.82 bits per heavy atom. The number of hydrogen-bond acceptors (Lipinski definition) is 3. The number of non-ortho nitro benzene ring substituents is 1. The van der Waals surface area contributed by atoms with Crippen LogP contribution >= 0.6 is 23.2 Å². The standard InChI is InChI=1S/C15H10Cl2N2O3/c16-11-4-7-14(13(17)9-11)18-15(20)8-3-10-1-5-12(6-2-10)19(21)22/h1-9H,(H,18,20). The summed E-state index contributed by atoms with van der Waals surface area (Å²) in [4.78, 5) is 21.9. The number of nitro groups is 1. The van der Waals surface area contributed by atoms with Crippen LogP contribution in [0.25, 0.3) is 6.08 Å². The number of halogens is 2. The highest BCUT2D eigenvalue weighted by Gasteiger charge is 2.05. The van der Waals surface area contributed by atoms with Gasteiger partial charge < -0.3 is 5.32 Å². The molecule has 0 saturated heterocycles. The van der Waals surface area contributed by atoms with Gasteiger partial charge in [0, 0.05) is 23.2 Å². The predicted octanol–water partition coefficient (Wildman–Crippen LogP) is 4.55. The Labute approximate surface area is 136 Å². The van der Waals surface area contributed by atoms with Gasteiger partial charge in [-0.25, -0.2) is 0 Å². The number of nitrogens with one attached hydrogen (secondary N) is 1. The molecule has 0 spiro atoms. The summed E-state index contributed by atoms with van der Waals surface area (Å²) in [5.41, 5.74) is 1.11. The molecule has 0 aliphatic rings. The fourth-order valence-electron chi connectivity index (χ4n) is 1.64. The fraction of sp³-hybridized carbons (Fsp3) is 0. The molecule has 0 atom stereocenters. The Balaban J connectivity index is 2.03. The molecule has 0 radical (unpaired) electrons. The summed E-state index contributed by atoms with van der Waals surface area (Å²) in [6.45, 7) is 0. The smallest absolute Gasteiger partial charge is 0.269 e. The Morgan fingerprint density at radius 3 is 2.41 bits per heavy atom. The van der Waals surface area contributed by atoms with Crippen LogP contribution in [-0.2, 0) is 4.79 Å². The van der Waals surface area contributed by atoms with Crippen molar-refractivity contribution in [3.63, 3.8) is 0 Å². The third-order valence-corrected chi connectivity index (χ3v) is 3.27. The lowest BCUT2D eigenvalue weighted by molar-refractivity contribution is -0.384. The number of nitro benzene ring substituents is 1. The van der Waals surface area contributed by atoms with E-state index in [-0.39, 0.29) is 11.6 Å². The molecule has 22 heavy (non-hydrogen) atoms. The Bertz CT molecular complexity index is 743. The van der Waals surface area contributed by atoms with Gasteiger partial charge in [-0.05, 0) is 42.0 Å². The minimum atomic E-state index is -0.483. The summed E-state index contributed by atoms with van der Waals surface area (Å²) >= 11 is 11.7. The normalized spacial score (nSPS) is 10.6. The van der Waals surface area contributed by atoms with Gasteiger partial charge in [0.05, 0.1) is 15.6 Å². The number of carbonyl (C=O) groups excluding carboxylic acids is 1. The van der Waals surface area contributed by atoms with E-state index in [0.29, 0.717) is 21.3 Å². The zero-order chi connectivity index (χ0) is 16.1. The molecule has 1 amide bonds. The summed E-state index contributed by atoms with van der Waals surface area (Å²) in [5, 5.41) is 14.0. The van der Waals surface area contributed by atoms with E-state index in [9.17, 15) is 14.9 Å². The molecule has 112 valence electrons. The summed E-state index contributed by atoms with van der Waals surface area (Å²) in [7, 11) is 0. The number of amides is 1. The van der Waals surface area contributed by atoms with Crippen molar-refractivity contribution in [1.29, 1.82) is 0 Å². The molecule has 0 saturated carbocycles. The number of nitrogens with zero attached hydrogens (tertiary/aromatic N) is 1. The van der Waals surface area contributed by atoms with Crippen molar-refractivity contribution in [3.8, 4) is 0 Å². The molecule has 0 heterocycles. The topological polar surface area (TPSA) is 72.2 Å². The molecule has 2 aromatic rings. The number of benzene rings is 2. The van der Waals surface area contributed by atoms with Crippen molar-refractivity contribution < 1.29 is 9.72 Å². The van der Waals surface area contributed by atoms with Gasteiger partial charge in [0.15, 0.2) is 0 Å². The first-order chi connectivity index (χ1) is 10.5. The van der Waals surface area contributed by atoms with Crippen LogP contribution in [0.15, 0.2) is 48.5 Å². The summed E-state index contributed by atoms with van der Waals surface area (Å²) in [6.07, 6.45) is 2.86. The fourth-order valence-corrected chi connectivity index (χ4v) is 2.10. The van der Waals surface area contributed by atoms with E-state index in [1.807, 2.05) is 0 Å². The van der Waals surface area contributed by atoms with Crippen LogP contribution in [0.5, 0.6) is 0 Å². The van der Waals surface area contributed by atoms with Crippen LogP contribution in [0, 0.1) is 10.1 Å². The largest absolute Gasteiger partial charge is 0.321 e. The van der Waals surface area contributed by atoms with Crippen molar-refractivity contribution in [1.82, 2.24) is 0 Å². The molecule has 0 aliphatic heterocycles. The zero-order valence-electron chi connectivity index (χ0n) is 11.1. The van der Waals surface area contributed by atoms with E-state index in [0.717, 1.165) is 0 Å². The van der Waals surface area contributed by atoms with E-state index in [2.05, 4.69) is 5.32 Å². The third kappa shape index (κ3) is 4.31. The maximum atomic E-state index is 11.8. The lowest BCUT2D eigenvalue weighted by Gasteiger charge is -2.04. The van der Waals surface area contributed by atoms with Crippen molar-refractivity contribution in [2.24, 2.45) is 0 Å². The van der Waals surface area contributed by atoms with Crippen LogP contribution in [0.2, 0.25) is 10.0 Å². The van der Waals surface area contributed by atoms with Gasteiger partial charge >= 0.3 is 0 Å². The van der Waals surface area contributed by atoms with Gasteiger partial charge in [-0.3, -0.25) is 14.9 Å². The first-order valence-electron chi connectivity index (χ1n) is 6.14. The number of anilines is 1. The van der Waals surface area contributed by atoms with E-state index in [1.165, 1.54) is 24.3 Å². The Hall–Kier alpha value is -2.37. The minimum Gasteiger partial charge on any atom is -0.321 e. The second-order valence-electron chi connectivity index (χ2n) is 4.30. The molecule has 0 fully saturated rings. The molecular weight excluding hydrogens is 327 g/mol. The number of hydrogen-bond donors (Lipinski definition) is 1. The average Bonchev–Trinajstić information content (AvgIpc) is 2.48. The minimum absolute atomic E-state index is 0.00505. The van der Waals surface area contributed by atoms with Crippen LogP contribution in [0.3, 0.4) is 0 Å². The Kier molecular flexibility index (Phi) is 5.14. The molecule has 0 unspecified atom stereocenters. The van der Waals surface area contributed by atoms with Gasteiger partial charge in [-0.2, -0.15) is 0 Å². The van der Waals surface area contributed by atoms with E-state index in [1.54, 1.807) is 30.3 Å². The van der Waals surface area contributed by atoms with Gasteiger partial charge in [-0.1, -0.05) is 23.2 Å². The average molecular weight is 337 g/mol. The van der Waals surface area contributed by atoms with Crippen LogP contribution in [0.4, 0.5) is 11.4 Å². The van der Waals surface area contributed by atoms with Gasteiger partial charge in [0.25, 0.3) is 5.69 Å². The first-order valence-corrected chi connectivity index (χ1v) is 6.90. The summed E-state index contributed by atoms with van der Waals surface area (Å²) in [5.74, 6) is -0.373. The first kappa shape index (κ1) is 16.0. The van der Waals surface area contributed by atoms with Gasteiger partial charge in [0.1, 0.15) is 0 Å². The molecular formula is C15H10Cl2N2O3. The number of rotatable bonds is 4. The SMILES string of the molecule is O=C(C=Cc1ccc([N+](=O)[O-])cc1)Nc1ccc(Cl)cc1Cl. The Morgan fingerprint density at radius 1 is 1.14 bits per heavy atom. The van der Waals surface area contributed by atoms with Crippen molar-refractivity contribution >= 4 is 46.6 Å². The van der Waals surface area contributed by atoms with Crippen molar-refractivity contribution in [2.75, 3.05) is 5.32 Å². The van der Waals surface area contributed by atoms with E-state index >= 15 is 0 Å². The lowest BCUT2D eigenvalue weighted by atomic mass is 10.2. The molecule has 1 N–H and O–H groups in total. The monoisotopic (exact) mass is 336 g/mol. The van der Waals surface area contributed by atoms with Crippen LogP contribution in [0.1, 0.15) is 5.56 Å². The molecule has 2 rings (SSSR count). The van der Waals surface area contributed by atoms with E-state index in [4.69, 9.17) is 23.2 Å². The highest BCUT2D eigenvalue weighted by molar-refractivity contribution is 6.36. The van der Waals surface area contributed by atoms with Crippen LogP contribution in [-0.4, -0.2) is 10.8 Å². The van der Waals surface area contributed by atoms with Crippen molar-refractivity contribution in [3.05, 3.63) is 74.3 Å². The highest BCUT2D eigenvalue weighted by Crippen LogP contribution is 2.25. The third-order valence-electron chi connectivity index (χ3n) is 2.72.